The van der Waals surface area contributed by atoms with E-state index in [2.05, 4.69) is 15.2 Å². The number of hydrogen-bond acceptors (Lipinski definition) is 7. The number of amides is 1. The normalized spacial score (nSPS) is 19.4. The van der Waals surface area contributed by atoms with Gasteiger partial charge in [0.25, 0.3) is 0 Å². The summed E-state index contributed by atoms with van der Waals surface area (Å²) in [5, 5.41) is 4.36. The number of carbonyl (C=O) groups is 2. The third-order valence-corrected chi connectivity index (χ3v) is 6.71. The van der Waals surface area contributed by atoms with Crippen molar-refractivity contribution >= 4 is 29.1 Å². The van der Waals surface area contributed by atoms with Crippen molar-refractivity contribution in [1.29, 1.82) is 0 Å². The van der Waals surface area contributed by atoms with Crippen molar-refractivity contribution < 1.29 is 14.3 Å². The number of para-hydroxylation sites is 1. The molecule has 1 unspecified atom stereocenters. The number of nitrogens with zero attached hydrogens (tertiary/aromatic N) is 3. The monoisotopic (exact) mass is 414 g/mol. The number of esters is 1. The average molecular weight is 415 g/mol. The lowest BCUT2D eigenvalue weighted by Crippen LogP contribution is -2.48. The van der Waals surface area contributed by atoms with E-state index in [-0.39, 0.29) is 6.04 Å². The maximum absolute atomic E-state index is 12.8. The van der Waals surface area contributed by atoms with Crippen LogP contribution in [0.25, 0.3) is 0 Å². The van der Waals surface area contributed by atoms with Gasteiger partial charge >= 0.3 is 12.1 Å². The molecule has 8 heteroatoms. The van der Waals surface area contributed by atoms with E-state index >= 15 is 0 Å². The van der Waals surface area contributed by atoms with Crippen LogP contribution in [-0.2, 0) is 4.74 Å². The molecule has 7 nitrogen and oxygen atoms in total. The van der Waals surface area contributed by atoms with E-state index < -0.39 is 12.1 Å². The minimum atomic E-state index is -0.595. The van der Waals surface area contributed by atoms with Crippen molar-refractivity contribution in [2.24, 2.45) is 0 Å². The van der Waals surface area contributed by atoms with E-state index in [1.165, 1.54) is 4.88 Å². The molecule has 1 aromatic heterocycles. The van der Waals surface area contributed by atoms with Crippen molar-refractivity contribution in [2.75, 3.05) is 37.6 Å². The van der Waals surface area contributed by atoms with Crippen LogP contribution in [0.2, 0.25) is 0 Å². The summed E-state index contributed by atoms with van der Waals surface area (Å²) in [7, 11) is 0. The Labute approximate surface area is 174 Å². The van der Waals surface area contributed by atoms with E-state index in [1.807, 2.05) is 26.0 Å². The molecule has 0 bridgehead atoms. The summed E-state index contributed by atoms with van der Waals surface area (Å²) < 4.78 is 5.27. The molecular formula is C21H26N4O3S. The molecule has 0 radical (unpaired) electrons. The molecule has 0 spiro atoms. The van der Waals surface area contributed by atoms with Crippen molar-refractivity contribution in [1.82, 2.24) is 15.2 Å². The SMILES string of the molecule is Cc1nc(C2CN(C(=O)OC(=O)c3ccccc3N3CCCC3)CCN2)sc1C. The molecule has 1 amide bonds. The van der Waals surface area contributed by atoms with E-state index in [0.717, 1.165) is 42.3 Å². The molecule has 2 fully saturated rings. The smallest absolute Gasteiger partial charge is 0.372 e. The number of carbonyl (C=O) groups excluding carboxylic acids is 2. The third kappa shape index (κ3) is 4.28. The molecule has 0 aliphatic carbocycles. The number of piperazine rings is 1. The van der Waals surface area contributed by atoms with Gasteiger partial charge in [-0.1, -0.05) is 12.1 Å². The van der Waals surface area contributed by atoms with Gasteiger partial charge in [-0.2, -0.15) is 0 Å². The first-order chi connectivity index (χ1) is 14.0. The Morgan fingerprint density at radius 2 is 1.93 bits per heavy atom. The summed E-state index contributed by atoms with van der Waals surface area (Å²) in [6.07, 6.45) is 1.63. The molecule has 4 rings (SSSR count). The van der Waals surface area contributed by atoms with Crippen molar-refractivity contribution in [3.8, 4) is 0 Å². The van der Waals surface area contributed by atoms with Gasteiger partial charge in [0.15, 0.2) is 0 Å². The molecule has 3 heterocycles. The number of rotatable bonds is 3. The Hall–Kier alpha value is -2.45. The highest BCUT2D eigenvalue weighted by Crippen LogP contribution is 2.27. The molecule has 2 saturated heterocycles. The summed E-state index contributed by atoms with van der Waals surface area (Å²) in [5.74, 6) is -0.589. The van der Waals surface area contributed by atoms with Crippen molar-refractivity contribution in [3.05, 3.63) is 45.4 Å². The second kappa shape index (κ2) is 8.51. The standard InChI is InChI=1S/C21H26N4O3S/c1-14-15(2)29-19(23-14)17-13-25(12-9-22-17)21(27)28-20(26)16-7-3-4-8-18(16)24-10-5-6-11-24/h3-4,7-8,17,22H,5-6,9-13H2,1-2H3. The number of anilines is 1. The highest BCUT2D eigenvalue weighted by atomic mass is 32.1. The van der Waals surface area contributed by atoms with E-state index in [9.17, 15) is 9.59 Å². The first-order valence-corrected chi connectivity index (χ1v) is 10.9. The minimum Gasteiger partial charge on any atom is -0.372 e. The molecule has 1 aromatic carbocycles. The number of aromatic nitrogens is 1. The van der Waals surface area contributed by atoms with Crippen LogP contribution in [0.1, 0.15) is 44.8 Å². The summed E-state index contributed by atoms with van der Waals surface area (Å²) in [6, 6.07) is 7.31. The number of ether oxygens (including phenoxy) is 1. The van der Waals surface area contributed by atoms with Gasteiger partial charge in [0.1, 0.15) is 5.01 Å². The second-order valence-corrected chi connectivity index (χ2v) is 8.75. The van der Waals surface area contributed by atoms with Crippen LogP contribution in [0.5, 0.6) is 0 Å². The van der Waals surface area contributed by atoms with E-state index in [4.69, 9.17) is 4.74 Å². The molecule has 1 atom stereocenters. The fourth-order valence-electron chi connectivity index (χ4n) is 3.81. The topological polar surface area (TPSA) is 74.8 Å². The van der Waals surface area contributed by atoms with Crippen LogP contribution >= 0.6 is 11.3 Å². The van der Waals surface area contributed by atoms with Gasteiger partial charge in [-0.25, -0.2) is 14.6 Å². The van der Waals surface area contributed by atoms with Crippen LogP contribution < -0.4 is 10.2 Å². The van der Waals surface area contributed by atoms with Crippen LogP contribution in [0.3, 0.4) is 0 Å². The first kappa shape index (κ1) is 19.8. The van der Waals surface area contributed by atoms with Gasteiger partial charge in [0, 0.05) is 37.6 Å². The molecular weight excluding hydrogens is 388 g/mol. The Bertz CT molecular complexity index is 888. The highest BCUT2D eigenvalue weighted by Gasteiger charge is 2.30. The average Bonchev–Trinajstić information content (AvgIpc) is 3.38. The van der Waals surface area contributed by atoms with Gasteiger partial charge in [0.2, 0.25) is 0 Å². The number of nitrogens with one attached hydrogen (secondary N) is 1. The lowest BCUT2D eigenvalue weighted by molar-refractivity contribution is 0.0517. The number of aryl methyl sites for hydroxylation is 2. The molecule has 29 heavy (non-hydrogen) atoms. The Morgan fingerprint density at radius 1 is 1.17 bits per heavy atom. The second-order valence-electron chi connectivity index (χ2n) is 7.51. The molecule has 2 aliphatic rings. The zero-order valence-electron chi connectivity index (χ0n) is 16.8. The third-order valence-electron chi connectivity index (χ3n) is 5.53. The Balaban J connectivity index is 1.43. The maximum Gasteiger partial charge on any atom is 0.417 e. The van der Waals surface area contributed by atoms with E-state index in [1.54, 1.807) is 28.4 Å². The predicted molar refractivity (Wildman–Crippen MR) is 113 cm³/mol. The van der Waals surface area contributed by atoms with Crippen LogP contribution in [0, 0.1) is 13.8 Å². The molecule has 1 N–H and O–H groups in total. The lowest BCUT2D eigenvalue weighted by atomic mass is 10.1. The maximum atomic E-state index is 12.8. The summed E-state index contributed by atoms with van der Waals surface area (Å²) in [6.45, 7) is 7.44. The van der Waals surface area contributed by atoms with E-state index in [0.29, 0.717) is 25.2 Å². The summed E-state index contributed by atoms with van der Waals surface area (Å²) in [5.41, 5.74) is 2.30. The highest BCUT2D eigenvalue weighted by molar-refractivity contribution is 7.11. The van der Waals surface area contributed by atoms with Crippen molar-refractivity contribution in [3.63, 3.8) is 0 Å². The Kier molecular flexibility index (Phi) is 5.82. The molecule has 154 valence electrons. The summed E-state index contributed by atoms with van der Waals surface area (Å²) >= 11 is 1.64. The van der Waals surface area contributed by atoms with Crippen LogP contribution in [0.15, 0.2) is 24.3 Å². The Morgan fingerprint density at radius 3 is 2.66 bits per heavy atom. The van der Waals surface area contributed by atoms with Gasteiger partial charge in [-0.15, -0.1) is 11.3 Å². The predicted octanol–water partition coefficient (Wildman–Crippen LogP) is 3.28. The van der Waals surface area contributed by atoms with Crippen molar-refractivity contribution in [2.45, 2.75) is 32.7 Å². The fraction of sp³-hybridized carbons (Fsp3) is 0.476. The number of benzene rings is 1. The quantitative estimate of drug-likeness (QED) is 0.614. The lowest BCUT2D eigenvalue weighted by Gasteiger charge is -2.31. The first-order valence-electron chi connectivity index (χ1n) is 10.1. The van der Waals surface area contributed by atoms with Gasteiger partial charge in [0.05, 0.1) is 23.0 Å². The van der Waals surface area contributed by atoms with Gasteiger partial charge in [-0.3, -0.25) is 0 Å². The largest absolute Gasteiger partial charge is 0.417 e. The zero-order valence-corrected chi connectivity index (χ0v) is 17.6. The number of hydrogen-bond donors (Lipinski definition) is 1. The van der Waals surface area contributed by atoms with Gasteiger partial charge in [-0.05, 0) is 38.8 Å². The summed E-state index contributed by atoms with van der Waals surface area (Å²) in [4.78, 5) is 35.0. The fourth-order valence-corrected chi connectivity index (χ4v) is 4.80. The number of thiazole rings is 1. The van der Waals surface area contributed by atoms with Gasteiger partial charge < -0.3 is 19.9 Å². The zero-order chi connectivity index (χ0) is 20.4. The van der Waals surface area contributed by atoms with Crippen LogP contribution in [-0.4, -0.2) is 54.7 Å². The van der Waals surface area contributed by atoms with Crippen LogP contribution in [0.4, 0.5) is 10.5 Å². The molecule has 2 aromatic rings. The molecule has 0 saturated carbocycles. The minimum absolute atomic E-state index is 0.0410. The molecule has 2 aliphatic heterocycles.